The van der Waals surface area contributed by atoms with Crippen molar-refractivity contribution in [3.8, 4) is 0 Å². The zero-order chi connectivity index (χ0) is 14.8. The van der Waals surface area contributed by atoms with E-state index in [1.165, 1.54) is 25.7 Å². The number of carbonyl (C=O) groups excluding carboxylic acids is 1. The van der Waals surface area contributed by atoms with Crippen molar-refractivity contribution in [3.05, 3.63) is 11.4 Å². The standard InChI is InChI=1S/C16H26N4O/c1-10-2-4-11(5-3-10)8-9-18-16(21)15-13(17)14(19-20-15)12-6-7-12/h10-12H,2-9,17H2,1H3,(H,18,21)(H,19,20). The van der Waals surface area contributed by atoms with Crippen LogP contribution in [0, 0.1) is 11.8 Å². The predicted molar refractivity (Wildman–Crippen MR) is 83.0 cm³/mol. The first-order valence-corrected chi connectivity index (χ1v) is 8.27. The highest BCUT2D eigenvalue weighted by Gasteiger charge is 2.30. The Balaban J connectivity index is 1.46. The number of rotatable bonds is 5. The third kappa shape index (κ3) is 3.39. The molecule has 1 amide bonds. The highest BCUT2D eigenvalue weighted by Crippen LogP contribution is 2.42. The quantitative estimate of drug-likeness (QED) is 0.779. The van der Waals surface area contributed by atoms with Crippen LogP contribution in [0.25, 0.3) is 0 Å². The first-order chi connectivity index (χ1) is 10.1. The van der Waals surface area contributed by atoms with Crippen molar-refractivity contribution >= 4 is 11.6 Å². The van der Waals surface area contributed by atoms with Gasteiger partial charge in [-0.2, -0.15) is 5.10 Å². The number of hydrogen-bond donors (Lipinski definition) is 3. The summed E-state index contributed by atoms with van der Waals surface area (Å²) in [5.74, 6) is 1.99. The predicted octanol–water partition coefficient (Wildman–Crippen LogP) is 2.82. The lowest BCUT2D eigenvalue weighted by Gasteiger charge is -2.26. The monoisotopic (exact) mass is 290 g/mol. The number of nitrogen functional groups attached to an aromatic ring is 1. The van der Waals surface area contributed by atoms with E-state index in [2.05, 4.69) is 22.4 Å². The van der Waals surface area contributed by atoms with Crippen LogP contribution in [0.5, 0.6) is 0 Å². The first-order valence-electron chi connectivity index (χ1n) is 8.27. The van der Waals surface area contributed by atoms with Gasteiger partial charge in [-0.3, -0.25) is 9.89 Å². The molecule has 5 heteroatoms. The van der Waals surface area contributed by atoms with E-state index in [1.807, 2.05) is 0 Å². The number of aromatic nitrogens is 2. The highest BCUT2D eigenvalue weighted by atomic mass is 16.1. The first kappa shape index (κ1) is 14.4. The summed E-state index contributed by atoms with van der Waals surface area (Å²) in [4.78, 5) is 12.1. The zero-order valence-electron chi connectivity index (χ0n) is 12.8. The van der Waals surface area contributed by atoms with Crippen LogP contribution >= 0.6 is 0 Å². The summed E-state index contributed by atoms with van der Waals surface area (Å²) >= 11 is 0. The second-order valence-electron chi connectivity index (χ2n) is 6.84. The van der Waals surface area contributed by atoms with Gasteiger partial charge in [0, 0.05) is 12.5 Å². The molecule has 0 bridgehead atoms. The molecular formula is C16H26N4O. The van der Waals surface area contributed by atoms with Crippen molar-refractivity contribution in [3.63, 3.8) is 0 Å². The molecule has 0 aromatic carbocycles. The second-order valence-corrected chi connectivity index (χ2v) is 6.84. The van der Waals surface area contributed by atoms with Gasteiger partial charge in [0.15, 0.2) is 5.69 Å². The van der Waals surface area contributed by atoms with Crippen molar-refractivity contribution in [1.82, 2.24) is 15.5 Å². The summed E-state index contributed by atoms with van der Waals surface area (Å²) in [5, 5.41) is 9.99. The Bertz CT molecular complexity index is 498. The molecule has 1 aromatic heterocycles. The molecule has 0 atom stereocenters. The van der Waals surface area contributed by atoms with Crippen molar-refractivity contribution in [2.45, 2.75) is 57.8 Å². The molecule has 2 aliphatic rings. The maximum atomic E-state index is 12.1. The van der Waals surface area contributed by atoms with Gasteiger partial charge in [-0.1, -0.05) is 32.6 Å². The van der Waals surface area contributed by atoms with E-state index in [1.54, 1.807) is 0 Å². The van der Waals surface area contributed by atoms with Crippen LogP contribution in [0.15, 0.2) is 0 Å². The molecule has 0 saturated heterocycles. The van der Waals surface area contributed by atoms with E-state index >= 15 is 0 Å². The Morgan fingerprint density at radius 1 is 1.29 bits per heavy atom. The lowest BCUT2D eigenvalue weighted by Crippen LogP contribution is -2.27. The van der Waals surface area contributed by atoms with Crippen LogP contribution in [0.2, 0.25) is 0 Å². The van der Waals surface area contributed by atoms with E-state index < -0.39 is 0 Å². The summed E-state index contributed by atoms with van der Waals surface area (Å²) in [7, 11) is 0. The molecule has 5 nitrogen and oxygen atoms in total. The van der Waals surface area contributed by atoms with Crippen LogP contribution in [-0.2, 0) is 0 Å². The van der Waals surface area contributed by atoms with E-state index in [0.29, 0.717) is 17.3 Å². The fraction of sp³-hybridized carbons (Fsp3) is 0.750. The van der Waals surface area contributed by atoms with E-state index in [9.17, 15) is 4.79 Å². The van der Waals surface area contributed by atoms with Gasteiger partial charge >= 0.3 is 0 Å². The fourth-order valence-corrected chi connectivity index (χ4v) is 3.31. The summed E-state index contributed by atoms with van der Waals surface area (Å²) in [5.41, 5.74) is 7.88. The summed E-state index contributed by atoms with van der Waals surface area (Å²) in [6.45, 7) is 3.05. The van der Waals surface area contributed by atoms with Crippen molar-refractivity contribution in [1.29, 1.82) is 0 Å². The van der Waals surface area contributed by atoms with Gasteiger partial charge in [-0.15, -0.1) is 0 Å². The minimum Gasteiger partial charge on any atom is -0.395 e. The third-order valence-corrected chi connectivity index (χ3v) is 5.01. The minimum absolute atomic E-state index is 0.139. The molecule has 0 spiro atoms. The average molecular weight is 290 g/mol. The molecular weight excluding hydrogens is 264 g/mol. The molecule has 1 aromatic rings. The Kier molecular flexibility index (Phi) is 4.17. The fourth-order valence-electron chi connectivity index (χ4n) is 3.31. The van der Waals surface area contributed by atoms with Crippen molar-refractivity contribution in [2.24, 2.45) is 11.8 Å². The molecule has 4 N–H and O–H groups in total. The van der Waals surface area contributed by atoms with Gasteiger partial charge in [-0.25, -0.2) is 0 Å². The second kappa shape index (κ2) is 6.08. The average Bonchev–Trinajstić information content (AvgIpc) is 3.24. The molecule has 3 rings (SSSR count). The Morgan fingerprint density at radius 2 is 2.00 bits per heavy atom. The number of amides is 1. The van der Waals surface area contributed by atoms with Gasteiger partial charge in [-0.05, 0) is 31.1 Å². The van der Waals surface area contributed by atoms with Crippen molar-refractivity contribution in [2.75, 3.05) is 12.3 Å². The van der Waals surface area contributed by atoms with E-state index in [4.69, 9.17) is 5.73 Å². The number of nitrogens with two attached hydrogens (primary N) is 1. The summed E-state index contributed by atoms with van der Waals surface area (Å²) < 4.78 is 0. The number of aromatic amines is 1. The van der Waals surface area contributed by atoms with Gasteiger partial charge in [0.2, 0.25) is 0 Å². The lowest BCUT2D eigenvalue weighted by molar-refractivity contribution is 0.0945. The highest BCUT2D eigenvalue weighted by molar-refractivity contribution is 5.97. The van der Waals surface area contributed by atoms with Crippen molar-refractivity contribution < 1.29 is 4.79 Å². The minimum atomic E-state index is -0.139. The zero-order valence-corrected chi connectivity index (χ0v) is 12.8. The molecule has 21 heavy (non-hydrogen) atoms. The van der Waals surface area contributed by atoms with Gasteiger partial charge in [0.1, 0.15) is 0 Å². The van der Waals surface area contributed by atoms with Gasteiger partial charge < -0.3 is 11.1 Å². The molecule has 2 aliphatic carbocycles. The molecule has 116 valence electrons. The maximum absolute atomic E-state index is 12.1. The summed E-state index contributed by atoms with van der Waals surface area (Å²) in [6.07, 6.45) is 8.62. The number of hydrogen-bond acceptors (Lipinski definition) is 3. The third-order valence-electron chi connectivity index (χ3n) is 5.01. The molecule has 0 unspecified atom stereocenters. The molecule has 2 fully saturated rings. The lowest BCUT2D eigenvalue weighted by atomic mass is 9.81. The number of carbonyl (C=O) groups is 1. The largest absolute Gasteiger partial charge is 0.395 e. The SMILES string of the molecule is CC1CCC(CCNC(=O)c2n[nH]c(C3CC3)c2N)CC1. The van der Waals surface area contributed by atoms with Crippen LogP contribution < -0.4 is 11.1 Å². The Hall–Kier alpha value is -1.52. The van der Waals surface area contributed by atoms with E-state index in [0.717, 1.165) is 43.3 Å². The maximum Gasteiger partial charge on any atom is 0.273 e. The molecule has 0 aliphatic heterocycles. The smallest absolute Gasteiger partial charge is 0.273 e. The number of anilines is 1. The van der Waals surface area contributed by atoms with Gasteiger partial charge in [0.05, 0.1) is 11.4 Å². The Morgan fingerprint density at radius 3 is 2.67 bits per heavy atom. The molecule has 1 heterocycles. The Labute approximate surface area is 126 Å². The number of H-pyrrole nitrogens is 1. The van der Waals surface area contributed by atoms with Crippen LogP contribution in [0.1, 0.15) is 74.0 Å². The van der Waals surface area contributed by atoms with E-state index in [-0.39, 0.29) is 5.91 Å². The van der Waals surface area contributed by atoms with Crippen LogP contribution in [0.4, 0.5) is 5.69 Å². The number of nitrogens with zero attached hydrogens (tertiary/aromatic N) is 1. The topological polar surface area (TPSA) is 83.8 Å². The van der Waals surface area contributed by atoms with Crippen LogP contribution in [-0.4, -0.2) is 22.6 Å². The molecule has 0 radical (unpaired) electrons. The molecule has 2 saturated carbocycles. The van der Waals surface area contributed by atoms with Crippen LogP contribution in [0.3, 0.4) is 0 Å². The summed E-state index contributed by atoms with van der Waals surface area (Å²) in [6, 6.07) is 0. The normalized spacial score (nSPS) is 25.8. The van der Waals surface area contributed by atoms with Gasteiger partial charge in [0.25, 0.3) is 5.91 Å². The number of nitrogens with one attached hydrogen (secondary N) is 2.